The predicted molar refractivity (Wildman–Crippen MR) is 105 cm³/mol. The third-order valence-electron chi connectivity index (χ3n) is 3.55. The number of rotatable bonds is 3. The highest BCUT2D eigenvalue weighted by Crippen LogP contribution is 2.32. The molecule has 3 rings (SSSR count). The first-order valence-corrected chi connectivity index (χ1v) is 8.53. The normalized spacial score (nSPS) is 10.3. The lowest BCUT2D eigenvalue weighted by Gasteiger charge is -2.03. The van der Waals surface area contributed by atoms with Crippen molar-refractivity contribution in [1.29, 1.82) is 0 Å². The second-order valence-corrected chi connectivity index (χ2v) is 6.67. The van der Waals surface area contributed by atoms with Crippen molar-refractivity contribution in [2.75, 3.05) is 7.11 Å². The lowest BCUT2D eigenvalue weighted by Crippen LogP contribution is -2.00. The number of fused-ring (bicyclic) bond motifs is 1. The molecule has 0 aliphatic heterocycles. The molecule has 1 aromatic heterocycles. The Kier molecular flexibility index (Phi) is 6.64. The molecule has 0 atom stereocenters. The molecule has 4 nitrogen and oxygen atoms in total. The highest BCUT2D eigenvalue weighted by atomic mass is 35.5. The van der Waals surface area contributed by atoms with Crippen LogP contribution in [0.3, 0.4) is 0 Å². The number of aliphatic carboxylic acids is 1. The van der Waals surface area contributed by atoms with Crippen molar-refractivity contribution in [3.05, 3.63) is 57.7 Å². The summed E-state index contributed by atoms with van der Waals surface area (Å²) in [6, 6.07) is 10.8. The van der Waals surface area contributed by atoms with Gasteiger partial charge in [0, 0.05) is 26.5 Å². The molecule has 3 aromatic rings. The zero-order valence-corrected chi connectivity index (χ0v) is 16.0. The molecular formula is C18H17Cl2NO3S. The lowest BCUT2D eigenvalue weighted by atomic mass is 10.1. The number of methoxy groups -OCH3 is 1. The van der Waals surface area contributed by atoms with Gasteiger partial charge in [-0.2, -0.15) is 0 Å². The van der Waals surface area contributed by atoms with E-state index in [0.717, 1.165) is 32.1 Å². The predicted octanol–water partition coefficient (Wildman–Crippen LogP) is 5.39. The maximum absolute atomic E-state index is 10.8. The zero-order valence-electron chi connectivity index (χ0n) is 13.6. The van der Waals surface area contributed by atoms with Crippen molar-refractivity contribution < 1.29 is 14.6 Å². The van der Waals surface area contributed by atoms with Crippen LogP contribution in [0.15, 0.2) is 41.3 Å². The standard InChI is InChI=1S/C12H12ClNO3.C6H5ClS/c1-6-7(4-12(15)16)8-3-11(17-2)9(13)5-10(8)14-6;7-5-1-3-6(8)4-2-5/h3,5,14H,4H2,1-2H3,(H,15,16);1-4,8H. The van der Waals surface area contributed by atoms with E-state index < -0.39 is 5.97 Å². The van der Waals surface area contributed by atoms with E-state index in [1.807, 2.05) is 31.2 Å². The number of ether oxygens (including phenoxy) is 1. The molecule has 0 spiro atoms. The monoisotopic (exact) mass is 397 g/mol. The van der Waals surface area contributed by atoms with Crippen molar-refractivity contribution in [3.8, 4) is 5.75 Å². The number of carboxylic acids is 1. The summed E-state index contributed by atoms with van der Waals surface area (Å²) >= 11 is 15.7. The number of hydrogen-bond acceptors (Lipinski definition) is 3. The van der Waals surface area contributed by atoms with Gasteiger partial charge in [-0.3, -0.25) is 4.79 Å². The van der Waals surface area contributed by atoms with Gasteiger partial charge < -0.3 is 14.8 Å². The fraction of sp³-hybridized carbons (Fsp3) is 0.167. The maximum Gasteiger partial charge on any atom is 0.307 e. The van der Waals surface area contributed by atoms with Crippen LogP contribution in [0.5, 0.6) is 5.75 Å². The lowest BCUT2D eigenvalue weighted by molar-refractivity contribution is -0.136. The average molecular weight is 398 g/mol. The van der Waals surface area contributed by atoms with Gasteiger partial charge in [0.25, 0.3) is 0 Å². The van der Waals surface area contributed by atoms with E-state index in [1.54, 1.807) is 12.1 Å². The third kappa shape index (κ3) is 5.08. The number of aryl methyl sites for hydroxylation is 1. The van der Waals surface area contributed by atoms with E-state index in [9.17, 15) is 4.79 Å². The number of thiol groups is 1. The largest absolute Gasteiger partial charge is 0.495 e. The van der Waals surface area contributed by atoms with Crippen LogP contribution < -0.4 is 4.74 Å². The molecule has 132 valence electrons. The Balaban J connectivity index is 0.000000236. The van der Waals surface area contributed by atoms with Gasteiger partial charge >= 0.3 is 5.97 Å². The van der Waals surface area contributed by atoms with Crippen LogP contribution >= 0.6 is 35.8 Å². The summed E-state index contributed by atoms with van der Waals surface area (Å²) in [5.41, 5.74) is 2.43. The molecular weight excluding hydrogens is 381 g/mol. The maximum atomic E-state index is 10.8. The average Bonchev–Trinajstić information content (AvgIpc) is 2.84. The fourth-order valence-electron chi connectivity index (χ4n) is 2.36. The Morgan fingerprint density at radius 2 is 1.88 bits per heavy atom. The number of H-pyrrole nitrogens is 1. The number of carboxylic acid groups (broad SMARTS) is 1. The van der Waals surface area contributed by atoms with E-state index >= 15 is 0 Å². The molecule has 0 aliphatic rings. The van der Waals surface area contributed by atoms with Crippen molar-refractivity contribution in [2.24, 2.45) is 0 Å². The molecule has 0 fully saturated rings. The molecule has 0 bridgehead atoms. The summed E-state index contributed by atoms with van der Waals surface area (Å²) < 4.78 is 5.13. The highest BCUT2D eigenvalue weighted by molar-refractivity contribution is 7.80. The van der Waals surface area contributed by atoms with Gasteiger partial charge in [0.15, 0.2) is 0 Å². The second-order valence-electron chi connectivity index (χ2n) is 5.31. The Bertz CT molecular complexity index is 870. The first-order valence-electron chi connectivity index (χ1n) is 7.32. The third-order valence-corrected chi connectivity index (χ3v) is 4.39. The minimum atomic E-state index is -0.858. The van der Waals surface area contributed by atoms with Crippen LogP contribution in [0, 0.1) is 6.92 Å². The number of aromatic amines is 1. The molecule has 7 heteroatoms. The van der Waals surface area contributed by atoms with Crippen molar-refractivity contribution in [3.63, 3.8) is 0 Å². The highest BCUT2D eigenvalue weighted by Gasteiger charge is 2.14. The van der Waals surface area contributed by atoms with Gasteiger partial charge in [0.05, 0.1) is 18.6 Å². The van der Waals surface area contributed by atoms with Crippen LogP contribution in [0.2, 0.25) is 10.0 Å². The first-order chi connectivity index (χ1) is 11.8. The minimum Gasteiger partial charge on any atom is -0.495 e. The molecule has 2 aromatic carbocycles. The van der Waals surface area contributed by atoms with Gasteiger partial charge in [-0.05, 0) is 48.9 Å². The van der Waals surface area contributed by atoms with E-state index in [0.29, 0.717) is 10.8 Å². The zero-order chi connectivity index (χ0) is 18.6. The number of halogens is 2. The fourth-order valence-corrected chi connectivity index (χ4v) is 2.88. The number of aromatic nitrogens is 1. The Morgan fingerprint density at radius 1 is 1.24 bits per heavy atom. The molecule has 0 radical (unpaired) electrons. The van der Waals surface area contributed by atoms with Gasteiger partial charge in [0.1, 0.15) is 5.75 Å². The summed E-state index contributed by atoms with van der Waals surface area (Å²) in [5.74, 6) is -0.312. The summed E-state index contributed by atoms with van der Waals surface area (Å²) in [6.45, 7) is 1.85. The van der Waals surface area contributed by atoms with Gasteiger partial charge in [0.2, 0.25) is 0 Å². The molecule has 0 aliphatic carbocycles. The molecule has 0 saturated carbocycles. The summed E-state index contributed by atoms with van der Waals surface area (Å²) in [7, 11) is 1.53. The number of hydrogen-bond donors (Lipinski definition) is 3. The Hall–Kier alpha value is -1.82. The van der Waals surface area contributed by atoms with Crippen LogP contribution in [0.1, 0.15) is 11.3 Å². The van der Waals surface area contributed by atoms with Gasteiger partial charge in [-0.1, -0.05) is 23.2 Å². The molecule has 0 saturated heterocycles. The summed E-state index contributed by atoms with van der Waals surface area (Å²) in [6.07, 6.45) is -0.0172. The smallest absolute Gasteiger partial charge is 0.307 e. The van der Waals surface area contributed by atoms with E-state index in [2.05, 4.69) is 17.6 Å². The number of benzene rings is 2. The Morgan fingerprint density at radius 3 is 2.40 bits per heavy atom. The van der Waals surface area contributed by atoms with E-state index in [-0.39, 0.29) is 6.42 Å². The first kappa shape index (κ1) is 19.5. The van der Waals surface area contributed by atoms with Crippen molar-refractivity contribution in [2.45, 2.75) is 18.2 Å². The van der Waals surface area contributed by atoms with Gasteiger partial charge in [-0.25, -0.2) is 0 Å². The van der Waals surface area contributed by atoms with Crippen molar-refractivity contribution >= 4 is 52.7 Å². The van der Waals surface area contributed by atoms with Crippen LogP contribution in [-0.4, -0.2) is 23.2 Å². The van der Waals surface area contributed by atoms with Crippen LogP contribution in [0.4, 0.5) is 0 Å². The Labute approximate surface area is 161 Å². The number of nitrogens with one attached hydrogen (secondary N) is 1. The van der Waals surface area contributed by atoms with Gasteiger partial charge in [-0.15, -0.1) is 12.6 Å². The van der Waals surface area contributed by atoms with E-state index in [1.165, 1.54) is 7.11 Å². The summed E-state index contributed by atoms with van der Waals surface area (Å²) in [5, 5.41) is 11.0. The van der Waals surface area contributed by atoms with Crippen LogP contribution in [0.25, 0.3) is 10.9 Å². The SMILES string of the molecule is COc1cc2c(CC(=O)O)c(C)[nH]c2cc1Cl.Sc1ccc(Cl)cc1. The molecule has 1 heterocycles. The minimum absolute atomic E-state index is 0.0172. The molecule has 0 unspecified atom stereocenters. The van der Waals surface area contributed by atoms with Crippen molar-refractivity contribution in [1.82, 2.24) is 4.98 Å². The molecule has 0 amide bonds. The second kappa shape index (κ2) is 8.52. The van der Waals surface area contributed by atoms with E-state index in [4.69, 9.17) is 33.0 Å². The van der Waals surface area contributed by atoms with Crippen LogP contribution in [-0.2, 0) is 11.2 Å². The number of carbonyl (C=O) groups is 1. The molecule has 2 N–H and O–H groups in total. The quantitative estimate of drug-likeness (QED) is 0.518. The summed E-state index contributed by atoms with van der Waals surface area (Å²) in [4.78, 5) is 14.9. The molecule has 25 heavy (non-hydrogen) atoms. The topological polar surface area (TPSA) is 62.3 Å².